The van der Waals surface area contributed by atoms with Crippen molar-refractivity contribution in [1.29, 1.82) is 0 Å². The summed E-state index contributed by atoms with van der Waals surface area (Å²) in [5, 5.41) is 9.12. The van der Waals surface area contributed by atoms with Gasteiger partial charge in [0.2, 0.25) is 11.8 Å². The highest BCUT2D eigenvalue weighted by molar-refractivity contribution is 5.87. The topological polar surface area (TPSA) is 105 Å². The number of benzene rings is 2. The molecule has 0 fully saturated rings. The van der Waals surface area contributed by atoms with Crippen LogP contribution in [0.15, 0.2) is 54.6 Å². The molecule has 0 aliphatic carbocycles. The first kappa shape index (κ1) is 26.4. The highest BCUT2D eigenvalue weighted by Gasteiger charge is 2.20. The molecule has 1 atom stereocenters. The maximum absolute atomic E-state index is 12.8. The predicted molar refractivity (Wildman–Crippen MR) is 132 cm³/mol. The monoisotopic (exact) mass is 454 g/mol. The summed E-state index contributed by atoms with van der Waals surface area (Å²) in [7, 11) is 0. The van der Waals surface area contributed by atoms with Gasteiger partial charge in [0.25, 0.3) is 0 Å². The number of rotatable bonds is 16. The van der Waals surface area contributed by atoms with Crippen molar-refractivity contribution in [2.75, 3.05) is 26.2 Å². The molecular weight excluding hydrogens is 416 g/mol. The van der Waals surface area contributed by atoms with Crippen LogP contribution in [-0.4, -0.2) is 44.0 Å². The molecule has 7 heteroatoms. The zero-order valence-corrected chi connectivity index (χ0v) is 19.6. The van der Waals surface area contributed by atoms with Gasteiger partial charge in [0.05, 0.1) is 0 Å². The minimum absolute atomic E-state index is 0.107. The second-order valence-electron chi connectivity index (χ2n) is 8.03. The molecule has 0 saturated heterocycles. The molecule has 2 aromatic rings. The van der Waals surface area contributed by atoms with Gasteiger partial charge in [-0.1, -0.05) is 49.4 Å². The highest BCUT2D eigenvalue weighted by Crippen LogP contribution is 2.15. The second kappa shape index (κ2) is 15.8. The Morgan fingerprint density at radius 3 is 2.36 bits per heavy atom. The third kappa shape index (κ3) is 11.0. The van der Waals surface area contributed by atoms with Crippen LogP contribution in [0.25, 0.3) is 0 Å². The van der Waals surface area contributed by atoms with Crippen molar-refractivity contribution in [3.05, 3.63) is 65.7 Å². The van der Waals surface area contributed by atoms with Crippen LogP contribution in [0.2, 0.25) is 0 Å². The molecule has 0 aliphatic rings. The van der Waals surface area contributed by atoms with Crippen LogP contribution in [0.4, 0.5) is 0 Å². The average molecular weight is 455 g/mol. The molecule has 1 unspecified atom stereocenters. The fourth-order valence-corrected chi connectivity index (χ4v) is 3.30. The number of nitrogens with one attached hydrogen (secondary N) is 3. The van der Waals surface area contributed by atoms with E-state index in [4.69, 9.17) is 10.5 Å². The lowest BCUT2D eigenvalue weighted by atomic mass is 10.0. The maximum atomic E-state index is 12.8. The molecule has 2 aromatic carbocycles. The maximum Gasteiger partial charge on any atom is 0.242 e. The fraction of sp³-hybridized carbons (Fsp3) is 0.462. The lowest BCUT2D eigenvalue weighted by molar-refractivity contribution is -0.129. The molecule has 0 radical (unpaired) electrons. The Hall–Kier alpha value is -2.90. The lowest BCUT2D eigenvalue weighted by Gasteiger charge is -2.19. The van der Waals surface area contributed by atoms with E-state index in [1.165, 1.54) is 0 Å². The predicted octanol–water partition coefficient (Wildman–Crippen LogP) is 2.54. The number of hydrogen-bond donors (Lipinski definition) is 4. The Balaban J connectivity index is 1.86. The second-order valence-corrected chi connectivity index (χ2v) is 8.03. The van der Waals surface area contributed by atoms with Crippen molar-refractivity contribution in [2.45, 2.75) is 51.7 Å². The van der Waals surface area contributed by atoms with E-state index in [1.807, 2.05) is 61.5 Å². The van der Waals surface area contributed by atoms with Gasteiger partial charge in [0.1, 0.15) is 18.4 Å². The van der Waals surface area contributed by atoms with E-state index in [9.17, 15) is 9.59 Å². The molecule has 0 heterocycles. The summed E-state index contributed by atoms with van der Waals surface area (Å²) < 4.78 is 5.83. The molecule has 5 N–H and O–H groups in total. The number of amides is 2. The summed E-state index contributed by atoms with van der Waals surface area (Å²) in [6.07, 6.45) is 3.32. The molecule has 0 aliphatic heterocycles. The van der Waals surface area contributed by atoms with Crippen molar-refractivity contribution >= 4 is 11.8 Å². The average Bonchev–Trinajstić information content (AvgIpc) is 2.83. The van der Waals surface area contributed by atoms with Crippen LogP contribution < -0.4 is 26.4 Å². The van der Waals surface area contributed by atoms with E-state index in [0.717, 1.165) is 49.2 Å². The molecule has 33 heavy (non-hydrogen) atoms. The van der Waals surface area contributed by atoms with Gasteiger partial charge in [-0.2, -0.15) is 0 Å². The molecule has 0 bridgehead atoms. The van der Waals surface area contributed by atoms with Crippen molar-refractivity contribution in [3.8, 4) is 5.75 Å². The molecule has 180 valence electrons. The van der Waals surface area contributed by atoms with Gasteiger partial charge in [-0.25, -0.2) is 0 Å². The Morgan fingerprint density at radius 1 is 0.939 bits per heavy atom. The van der Waals surface area contributed by atoms with Gasteiger partial charge in [-0.3, -0.25) is 9.59 Å². The molecule has 7 nitrogen and oxygen atoms in total. The van der Waals surface area contributed by atoms with Crippen LogP contribution in [-0.2, 0) is 22.6 Å². The Kier molecular flexibility index (Phi) is 12.6. The third-order valence-corrected chi connectivity index (χ3v) is 5.13. The number of nitrogens with two attached hydrogens (primary N) is 1. The standard InChI is InChI=1S/C26H38N4O3/c1-2-8-25(31)30-24(26(32)29-18-7-17-28-16-6-15-27)19-21-11-13-23(14-12-21)33-20-22-9-4-3-5-10-22/h3-5,9-14,24,28H,2,6-8,15-20,27H2,1H3,(H,29,32)(H,30,31). The first-order valence-corrected chi connectivity index (χ1v) is 11.9. The summed E-state index contributed by atoms with van der Waals surface area (Å²) in [6.45, 7) is 5.37. The van der Waals surface area contributed by atoms with Crippen molar-refractivity contribution in [1.82, 2.24) is 16.0 Å². The SMILES string of the molecule is CCCC(=O)NC(Cc1ccc(OCc2ccccc2)cc1)C(=O)NCCCNCCCN. The van der Waals surface area contributed by atoms with Crippen LogP contribution in [0.1, 0.15) is 43.7 Å². The zero-order valence-electron chi connectivity index (χ0n) is 19.6. The first-order valence-electron chi connectivity index (χ1n) is 11.9. The van der Waals surface area contributed by atoms with Crippen molar-refractivity contribution in [2.24, 2.45) is 5.73 Å². The normalized spacial score (nSPS) is 11.6. The number of ether oxygens (including phenoxy) is 1. The minimum atomic E-state index is -0.606. The van der Waals surface area contributed by atoms with Crippen LogP contribution in [0.5, 0.6) is 5.75 Å². The van der Waals surface area contributed by atoms with Crippen LogP contribution in [0, 0.1) is 0 Å². The van der Waals surface area contributed by atoms with Crippen LogP contribution in [0.3, 0.4) is 0 Å². The van der Waals surface area contributed by atoms with Gasteiger partial charge in [0.15, 0.2) is 0 Å². The van der Waals surface area contributed by atoms with E-state index in [1.54, 1.807) is 0 Å². The van der Waals surface area contributed by atoms with Crippen LogP contribution >= 0.6 is 0 Å². The lowest BCUT2D eigenvalue weighted by Crippen LogP contribution is -2.48. The Morgan fingerprint density at radius 2 is 1.67 bits per heavy atom. The largest absolute Gasteiger partial charge is 0.489 e. The van der Waals surface area contributed by atoms with Gasteiger partial charge in [-0.15, -0.1) is 0 Å². The van der Waals surface area contributed by atoms with Crippen molar-refractivity contribution in [3.63, 3.8) is 0 Å². The van der Waals surface area contributed by atoms with E-state index < -0.39 is 6.04 Å². The van der Waals surface area contributed by atoms with E-state index in [-0.39, 0.29) is 11.8 Å². The van der Waals surface area contributed by atoms with Gasteiger partial charge in [0, 0.05) is 19.4 Å². The summed E-state index contributed by atoms with van der Waals surface area (Å²) in [5.41, 5.74) is 7.54. The van der Waals surface area contributed by atoms with Gasteiger partial charge in [-0.05, 0) is 62.2 Å². The van der Waals surface area contributed by atoms with Gasteiger partial charge < -0.3 is 26.4 Å². The quantitative estimate of drug-likeness (QED) is 0.292. The molecule has 0 saturated carbocycles. The number of carbonyl (C=O) groups excluding carboxylic acids is 2. The molecular formula is C26H38N4O3. The zero-order chi connectivity index (χ0) is 23.7. The fourth-order valence-electron chi connectivity index (χ4n) is 3.30. The smallest absolute Gasteiger partial charge is 0.242 e. The summed E-state index contributed by atoms with van der Waals surface area (Å²) in [4.78, 5) is 24.9. The molecule has 0 aromatic heterocycles. The first-order chi connectivity index (χ1) is 16.1. The number of carbonyl (C=O) groups is 2. The van der Waals surface area contributed by atoms with E-state index >= 15 is 0 Å². The Labute approximate surface area is 197 Å². The van der Waals surface area contributed by atoms with E-state index in [0.29, 0.717) is 32.5 Å². The molecule has 0 spiro atoms. The molecule has 2 amide bonds. The third-order valence-electron chi connectivity index (χ3n) is 5.13. The number of hydrogen-bond acceptors (Lipinski definition) is 5. The van der Waals surface area contributed by atoms with Crippen molar-refractivity contribution < 1.29 is 14.3 Å². The van der Waals surface area contributed by atoms with Gasteiger partial charge >= 0.3 is 0 Å². The Bertz CT molecular complexity index is 812. The highest BCUT2D eigenvalue weighted by atomic mass is 16.5. The summed E-state index contributed by atoms with van der Waals surface area (Å²) in [6, 6.07) is 17.1. The van der Waals surface area contributed by atoms with E-state index in [2.05, 4.69) is 16.0 Å². The summed E-state index contributed by atoms with van der Waals surface area (Å²) >= 11 is 0. The summed E-state index contributed by atoms with van der Waals surface area (Å²) in [5.74, 6) is 0.496. The molecule has 2 rings (SSSR count). The minimum Gasteiger partial charge on any atom is -0.489 e.